The summed E-state index contributed by atoms with van der Waals surface area (Å²) in [6.45, 7) is 0. The van der Waals surface area contributed by atoms with E-state index in [1.807, 2.05) is 0 Å². The summed E-state index contributed by atoms with van der Waals surface area (Å²) in [7, 11) is -5.56. The molecule has 0 aliphatic carbocycles. The van der Waals surface area contributed by atoms with E-state index in [4.69, 9.17) is 16.3 Å². The van der Waals surface area contributed by atoms with Gasteiger partial charge in [-0.25, -0.2) is 0 Å². The van der Waals surface area contributed by atoms with E-state index in [0.717, 1.165) is 0 Å². The highest BCUT2D eigenvalue weighted by Crippen LogP contribution is 2.38. The molecule has 2 aromatic rings. The van der Waals surface area contributed by atoms with E-state index in [1.165, 1.54) is 29.2 Å². The second-order valence-electron chi connectivity index (χ2n) is 4.10. The van der Waals surface area contributed by atoms with Gasteiger partial charge in [-0.3, -0.25) is 9.71 Å². The third-order valence-corrected chi connectivity index (χ3v) is 4.88. The minimum Gasteiger partial charge on any atom is -0.437 e. The third kappa shape index (κ3) is 4.49. The number of ether oxygens (including phenoxy) is 1. The number of halogens is 6. The van der Waals surface area contributed by atoms with Crippen LogP contribution in [0.3, 0.4) is 0 Å². The van der Waals surface area contributed by atoms with Crippen LogP contribution in [0.4, 0.5) is 18.9 Å². The normalized spacial score (nSPS) is 12.1. The lowest BCUT2D eigenvalue weighted by Crippen LogP contribution is -2.30. The fraction of sp³-hybridized carbons (Fsp3) is 0.0909. The molecule has 0 fully saturated rings. The molecule has 0 saturated carbocycles. The topological polar surface area (TPSA) is 81.2 Å². The van der Waals surface area contributed by atoms with Crippen LogP contribution in [0.25, 0.3) is 0 Å². The molecular weight excluding hydrogens is 506 g/mol. The van der Waals surface area contributed by atoms with E-state index < -0.39 is 15.5 Å². The second-order valence-corrected chi connectivity index (χ2v) is 7.87. The van der Waals surface area contributed by atoms with Crippen molar-refractivity contribution in [1.29, 1.82) is 0 Å². The summed E-state index contributed by atoms with van der Waals surface area (Å²) in [5, 5.41) is 0.0835. The standard InChI is InChI=1S/C11H5Br2ClF3N3O3S/c12-6-1-5(23-9-4-18-3-8(14)19-9)2-7(13)10(6)20-24(21,22)11(15,16)17/h1-4,20H. The van der Waals surface area contributed by atoms with Gasteiger partial charge in [0.05, 0.1) is 18.1 Å². The molecule has 1 aromatic carbocycles. The van der Waals surface area contributed by atoms with Crippen molar-refractivity contribution in [3.8, 4) is 11.6 Å². The maximum atomic E-state index is 12.5. The minimum absolute atomic E-state index is 0.00897. The highest BCUT2D eigenvalue weighted by atomic mass is 79.9. The van der Waals surface area contributed by atoms with E-state index >= 15 is 0 Å². The number of rotatable bonds is 4. The molecule has 0 saturated heterocycles. The molecule has 0 aliphatic rings. The Hall–Kier alpha value is -1.11. The van der Waals surface area contributed by atoms with E-state index in [9.17, 15) is 21.6 Å². The van der Waals surface area contributed by atoms with Gasteiger partial charge < -0.3 is 4.74 Å². The lowest BCUT2D eigenvalue weighted by Gasteiger charge is -2.14. The first-order valence-electron chi connectivity index (χ1n) is 5.73. The zero-order chi connectivity index (χ0) is 18.1. The van der Waals surface area contributed by atoms with Crippen LogP contribution in [0.5, 0.6) is 11.6 Å². The molecule has 0 aliphatic heterocycles. The second kappa shape index (κ2) is 7.02. The maximum Gasteiger partial charge on any atom is 0.516 e. The van der Waals surface area contributed by atoms with Gasteiger partial charge in [0.25, 0.3) is 0 Å². The van der Waals surface area contributed by atoms with Crippen molar-refractivity contribution in [1.82, 2.24) is 9.97 Å². The van der Waals surface area contributed by atoms with E-state index in [-0.39, 0.29) is 31.4 Å². The number of alkyl halides is 3. The molecule has 24 heavy (non-hydrogen) atoms. The zero-order valence-electron chi connectivity index (χ0n) is 11.1. The fourth-order valence-electron chi connectivity index (χ4n) is 1.39. The first-order chi connectivity index (χ1) is 11.0. The van der Waals surface area contributed by atoms with Crippen LogP contribution < -0.4 is 9.46 Å². The molecule has 1 heterocycles. The van der Waals surface area contributed by atoms with Crippen molar-refractivity contribution in [2.45, 2.75) is 5.51 Å². The van der Waals surface area contributed by atoms with Crippen molar-refractivity contribution >= 4 is 59.2 Å². The van der Waals surface area contributed by atoms with Gasteiger partial charge in [0.2, 0.25) is 5.88 Å². The Morgan fingerprint density at radius 3 is 2.25 bits per heavy atom. The van der Waals surface area contributed by atoms with Crippen LogP contribution in [-0.4, -0.2) is 23.9 Å². The van der Waals surface area contributed by atoms with Crippen molar-refractivity contribution in [2.75, 3.05) is 4.72 Å². The zero-order valence-corrected chi connectivity index (χ0v) is 15.8. The number of nitrogens with zero attached hydrogens (tertiary/aromatic N) is 2. The minimum atomic E-state index is -5.56. The van der Waals surface area contributed by atoms with Gasteiger partial charge in [-0.1, -0.05) is 11.6 Å². The van der Waals surface area contributed by atoms with Gasteiger partial charge >= 0.3 is 15.5 Å². The van der Waals surface area contributed by atoms with Crippen molar-refractivity contribution in [2.24, 2.45) is 0 Å². The average molecular weight is 512 g/mol. The molecule has 0 amide bonds. The Balaban J connectivity index is 2.32. The summed E-state index contributed by atoms with van der Waals surface area (Å²) in [5.74, 6) is 0.199. The number of nitrogens with one attached hydrogen (secondary N) is 1. The highest BCUT2D eigenvalue weighted by molar-refractivity contribution is 9.11. The summed E-state index contributed by atoms with van der Waals surface area (Å²) < 4.78 is 66.6. The summed E-state index contributed by atoms with van der Waals surface area (Å²) in [6, 6.07) is 2.50. The summed E-state index contributed by atoms with van der Waals surface area (Å²) in [4.78, 5) is 7.59. The van der Waals surface area contributed by atoms with Gasteiger partial charge in [-0.2, -0.15) is 26.6 Å². The Labute approximate surface area is 155 Å². The maximum absolute atomic E-state index is 12.5. The number of anilines is 1. The predicted molar refractivity (Wildman–Crippen MR) is 87.6 cm³/mol. The first kappa shape index (κ1) is 19.2. The van der Waals surface area contributed by atoms with E-state index in [0.29, 0.717) is 0 Å². The Bertz CT molecular complexity index is 857. The van der Waals surface area contributed by atoms with Crippen molar-refractivity contribution in [3.63, 3.8) is 0 Å². The van der Waals surface area contributed by atoms with E-state index in [2.05, 4.69) is 41.8 Å². The predicted octanol–water partition coefficient (Wildman–Crippen LogP) is 4.71. The Morgan fingerprint density at radius 2 is 1.75 bits per heavy atom. The van der Waals surface area contributed by atoms with Crippen LogP contribution in [-0.2, 0) is 10.0 Å². The summed E-state index contributed by atoms with van der Waals surface area (Å²) >= 11 is 11.6. The van der Waals surface area contributed by atoms with Gasteiger partial charge in [0.15, 0.2) is 5.15 Å². The number of hydrogen-bond acceptors (Lipinski definition) is 5. The number of aromatic nitrogens is 2. The largest absolute Gasteiger partial charge is 0.516 e. The molecule has 0 radical (unpaired) electrons. The molecule has 6 nitrogen and oxygen atoms in total. The lowest BCUT2D eigenvalue weighted by atomic mass is 10.3. The molecule has 2 rings (SSSR count). The van der Waals surface area contributed by atoms with Crippen molar-refractivity contribution in [3.05, 3.63) is 38.6 Å². The number of hydrogen-bond donors (Lipinski definition) is 1. The monoisotopic (exact) mass is 509 g/mol. The van der Waals surface area contributed by atoms with Crippen molar-refractivity contribution < 1.29 is 26.3 Å². The molecule has 13 heteroatoms. The van der Waals surface area contributed by atoms with Gasteiger partial charge in [0, 0.05) is 8.95 Å². The van der Waals surface area contributed by atoms with Crippen LogP contribution >= 0.6 is 43.5 Å². The van der Waals surface area contributed by atoms with Gasteiger partial charge in [0.1, 0.15) is 5.75 Å². The van der Waals surface area contributed by atoms with Gasteiger partial charge in [-0.15, -0.1) is 0 Å². The van der Waals surface area contributed by atoms with Crippen LogP contribution in [0.15, 0.2) is 33.5 Å². The first-order valence-corrected chi connectivity index (χ1v) is 9.18. The quantitative estimate of drug-likeness (QED) is 0.643. The molecular formula is C11H5Br2ClF3N3O3S. The molecule has 1 aromatic heterocycles. The van der Waals surface area contributed by atoms with E-state index in [1.54, 1.807) is 0 Å². The summed E-state index contributed by atoms with van der Waals surface area (Å²) in [5.41, 5.74) is -5.78. The number of benzene rings is 1. The summed E-state index contributed by atoms with van der Waals surface area (Å²) in [6.07, 6.45) is 2.56. The molecule has 130 valence electrons. The third-order valence-electron chi connectivity index (χ3n) is 2.36. The van der Waals surface area contributed by atoms with Crippen LogP contribution in [0.2, 0.25) is 5.15 Å². The molecule has 0 bridgehead atoms. The fourth-order valence-corrected chi connectivity index (χ4v) is 3.74. The highest BCUT2D eigenvalue weighted by Gasteiger charge is 2.46. The lowest BCUT2D eigenvalue weighted by molar-refractivity contribution is -0.0429. The smallest absolute Gasteiger partial charge is 0.437 e. The molecule has 0 unspecified atom stereocenters. The molecule has 0 atom stereocenters. The average Bonchev–Trinajstić information content (AvgIpc) is 2.42. The number of sulfonamides is 1. The van der Waals surface area contributed by atoms with Crippen LogP contribution in [0.1, 0.15) is 0 Å². The Morgan fingerprint density at radius 1 is 1.17 bits per heavy atom. The molecule has 0 spiro atoms. The van der Waals surface area contributed by atoms with Crippen LogP contribution in [0, 0.1) is 0 Å². The SMILES string of the molecule is O=S(=O)(Nc1c(Br)cc(Oc2cncc(Cl)n2)cc1Br)C(F)(F)F. The molecule has 1 N–H and O–H groups in total. The van der Waals surface area contributed by atoms with Gasteiger partial charge in [-0.05, 0) is 44.0 Å². The Kier molecular flexibility index (Phi) is 5.62.